The molecule has 1 aromatic carbocycles. The van der Waals surface area contributed by atoms with Crippen LogP contribution in [-0.4, -0.2) is 42.0 Å². The van der Waals surface area contributed by atoms with E-state index in [4.69, 9.17) is 0 Å². The van der Waals surface area contributed by atoms with Crippen molar-refractivity contribution in [1.29, 1.82) is 0 Å². The van der Waals surface area contributed by atoms with Crippen LogP contribution in [0.1, 0.15) is 36.5 Å². The summed E-state index contributed by atoms with van der Waals surface area (Å²) in [5, 5.41) is 9.43. The summed E-state index contributed by atoms with van der Waals surface area (Å²) in [4.78, 5) is 14.3. The SMILES string of the molecule is CC1(CO)CCCN(CCC(=O)c2ccccc2)C1. The van der Waals surface area contributed by atoms with E-state index in [2.05, 4.69) is 11.8 Å². The molecule has 0 radical (unpaired) electrons. The molecular weight excluding hydrogens is 238 g/mol. The number of ketones is 1. The van der Waals surface area contributed by atoms with Gasteiger partial charge in [0.1, 0.15) is 0 Å². The van der Waals surface area contributed by atoms with Crippen molar-refractivity contribution in [3.8, 4) is 0 Å². The number of aliphatic hydroxyl groups excluding tert-OH is 1. The number of benzene rings is 1. The highest BCUT2D eigenvalue weighted by molar-refractivity contribution is 5.96. The van der Waals surface area contributed by atoms with Gasteiger partial charge in [-0.25, -0.2) is 0 Å². The van der Waals surface area contributed by atoms with Gasteiger partial charge in [0.25, 0.3) is 0 Å². The quantitative estimate of drug-likeness (QED) is 0.827. The molecule has 0 bridgehead atoms. The smallest absolute Gasteiger partial charge is 0.164 e. The molecule has 1 fully saturated rings. The highest BCUT2D eigenvalue weighted by Crippen LogP contribution is 2.28. The zero-order valence-electron chi connectivity index (χ0n) is 11.6. The number of hydrogen-bond donors (Lipinski definition) is 1. The molecular formula is C16H23NO2. The van der Waals surface area contributed by atoms with E-state index in [9.17, 15) is 9.90 Å². The summed E-state index contributed by atoms with van der Waals surface area (Å²) >= 11 is 0. The van der Waals surface area contributed by atoms with Crippen LogP contribution in [0.4, 0.5) is 0 Å². The van der Waals surface area contributed by atoms with Crippen LogP contribution in [0.2, 0.25) is 0 Å². The third kappa shape index (κ3) is 3.88. The minimum Gasteiger partial charge on any atom is -0.396 e. The second kappa shape index (κ2) is 6.31. The monoisotopic (exact) mass is 261 g/mol. The Balaban J connectivity index is 1.84. The van der Waals surface area contributed by atoms with Gasteiger partial charge in [0.2, 0.25) is 0 Å². The molecule has 0 aliphatic carbocycles. The number of carbonyl (C=O) groups is 1. The maximum absolute atomic E-state index is 12.0. The predicted molar refractivity (Wildman–Crippen MR) is 76.3 cm³/mol. The fourth-order valence-corrected chi connectivity index (χ4v) is 2.78. The molecule has 1 unspecified atom stereocenters. The van der Waals surface area contributed by atoms with Gasteiger partial charge in [-0.3, -0.25) is 4.79 Å². The maximum atomic E-state index is 12.0. The first-order chi connectivity index (χ1) is 9.13. The summed E-state index contributed by atoms with van der Waals surface area (Å²) in [6.07, 6.45) is 2.74. The lowest BCUT2D eigenvalue weighted by molar-refractivity contribution is 0.0455. The average molecular weight is 261 g/mol. The fourth-order valence-electron chi connectivity index (χ4n) is 2.78. The lowest BCUT2D eigenvalue weighted by Gasteiger charge is -2.39. The van der Waals surface area contributed by atoms with Crippen molar-refractivity contribution in [2.45, 2.75) is 26.2 Å². The molecule has 1 atom stereocenters. The molecule has 2 rings (SSSR count). The molecule has 3 heteroatoms. The number of Topliss-reactive ketones (excluding diaryl/α,β-unsaturated/α-hetero) is 1. The Hall–Kier alpha value is -1.19. The van der Waals surface area contributed by atoms with Crippen molar-refractivity contribution in [3.63, 3.8) is 0 Å². The molecule has 0 aromatic heterocycles. The zero-order chi connectivity index (χ0) is 13.7. The Bertz CT molecular complexity index is 418. The minimum atomic E-state index is 0.00798. The molecule has 0 amide bonds. The second-order valence-electron chi connectivity index (χ2n) is 5.89. The van der Waals surface area contributed by atoms with Crippen LogP contribution in [-0.2, 0) is 0 Å². The Morgan fingerprint density at radius 3 is 2.79 bits per heavy atom. The second-order valence-corrected chi connectivity index (χ2v) is 5.89. The highest BCUT2D eigenvalue weighted by Gasteiger charge is 2.30. The standard InChI is InChI=1S/C16H23NO2/c1-16(13-18)9-5-10-17(12-16)11-8-15(19)14-6-3-2-4-7-14/h2-4,6-7,18H,5,8-13H2,1H3. The summed E-state index contributed by atoms with van der Waals surface area (Å²) in [5.74, 6) is 0.205. The normalized spacial score (nSPS) is 24.3. The minimum absolute atomic E-state index is 0.00798. The Morgan fingerprint density at radius 1 is 1.37 bits per heavy atom. The van der Waals surface area contributed by atoms with E-state index in [-0.39, 0.29) is 17.8 Å². The first kappa shape index (κ1) is 14.2. The Kier molecular flexibility index (Phi) is 4.72. The van der Waals surface area contributed by atoms with Crippen molar-refractivity contribution in [1.82, 2.24) is 4.90 Å². The van der Waals surface area contributed by atoms with Crippen LogP contribution in [0.15, 0.2) is 30.3 Å². The summed E-state index contributed by atoms with van der Waals surface area (Å²) in [7, 11) is 0. The summed E-state index contributed by atoms with van der Waals surface area (Å²) < 4.78 is 0. The van der Waals surface area contributed by atoms with Crippen LogP contribution in [0, 0.1) is 5.41 Å². The van der Waals surface area contributed by atoms with Gasteiger partial charge in [-0.15, -0.1) is 0 Å². The topological polar surface area (TPSA) is 40.5 Å². The Morgan fingerprint density at radius 2 is 2.11 bits per heavy atom. The number of rotatable bonds is 5. The zero-order valence-corrected chi connectivity index (χ0v) is 11.6. The van der Waals surface area contributed by atoms with Crippen LogP contribution in [0.5, 0.6) is 0 Å². The average Bonchev–Trinajstić information content (AvgIpc) is 2.46. The van der Waals surface area contributed by atoms with Gasteiger partial charge in [0, 0.05) is 37.1 Å². The molecule has 104 valence electrons. The summed E-state index contributed by atoms with van der Waals surface area (Å²) in [6, 6.07) is 9.47. The largest absolute Gasteiger partial charge is 0.396 e. The number of carbonyl (C=O) groups excluding carboxylic acids is 1. The van der Waals surface area contributed by atoms with Crippen molar-refractivity contribution < 1.29 is 9.90 Å². The van der Waals surface area contributed by atoms with E-state index in [1.54, 1.807) is 0 Å². The molecule has 19 heavy (non-hydrogen) atoms. The number of nitrogens with zero attached hydrogens (tertiary/aromatic N) is 1. The number of aliphatic hydroxyl groups is 1. The van der Waals surface area contributed by atoms with Crippen LogP contribution in [0.25, 0.3) is 0 Å². The molecule has 1 aliphatic heterocycles. The Labute approximate surface area is 115 Å². The third-order valence-corrected chi connectivity index (χ3v) is 3.99. The van der Waals surface area contributed by atoms with Crippen molar-refractivity contribution in [3.05, 3.63) is 35.9 Å². The summed E-state index contributed by atoms with van der Waals surface area (Å²) in [6.45, 7) is 5.08. The van der Waals surface area contributed by atoms with Gasteiger partial charge in [-0.05, 0) is 19.4 Å². The van der Waals surface area contributed by atoms with Crippen LogP contribution in [0.3, 0.4) is 0 Å². The van der Waals surface area contributed by atoms with Crippen LogP contribution >= 0.6 is 0 Å². The number of likely N-dealkylation sites (tertiary alicyclic amines) is 1. The highest BCUT2D eigenvalue weighted by atomic mass is 16.3. The first-order valence-electron chi connectivity index (χ1n) is 7.04. The molecule has 1 saturated heterocycles. The van der Waals surface area contributed by atoms with Gasteiger partial charge in [0.05, 0.1) is 0 Å². The first-order valence-corrected chi connectivity index (χ1v) is 7.04. The van der Waals surface area contributed by atoms with Gasteiger partial charge in [0.15, 0.2) is 5.78 Å². The maximum Gasteiger partial charge on any atom is 0.164 e. The molecule has 1 heterocycles. The lowest BCUT2D eigenvalue weighted by Crippen LogP contribution is -2.44. The number of piperidine rings is 1. The number of hydrogen-bond acceptors (Lipinski definition) is 3. The van der Waals surface area contributed by atoms with E-state index < -0.39 is 0 Å². The van der Waals surface area contributed by atoms with Crippen molar-refractivity contribution in [2.24, 2.45) is 5.41 Å². The third-order valence-electron chi connectivity index (χ3n) is 3.99. The molecule has 0 saturated carbocycles. The van der Waals surface area contributed by atoms with Gasteiger partial charge >= 0.3 is 0 Å². The van der Waals surface area contributed by atoms with Gasteiger partial charge in [-0.2, -0.15) is 0 Å². The fraction of sp³-hybridized carbons (Fsp3) is 0.562. The molecule has 1 aromatic rings. The van der Waals surface area contributed by atoms with Crippen LogP contribution < -0.4 is 0 Å². The van der Waals surface area contributed by atoms with Gasteiger partial charge < -0.3 is 10.0 Å². The van der Waals surface area contributed by atoms with Crippen molar-refractivity contribution in [2.75, 3.05) is 26.2 Å². The van der Waals surface area contributed by atoms with E-state index >= 15 is 0 Å². The van der Waals surface area contributed by atoms with E-state index in [1.807, 2.05) is 30.3 Å². The molecule has 0 spiro atoms. The van der Waals surface area contributed by atoms with E-state index in [0.717, 1.165) is 38.0 Å². The molecule has 3 nitrogen and oxygen atoms in total. The summed E-state index contributed by atoms with van der Waals surface area (Å²) in [5.41, 5.74) is 0.804. The molecule has 1 N–H and O–H groups in total. The van der Waals surface area contributed by atoms with E-state index in [1.165, 1.54) is 0 Å². The van der Waals surface area contributed by atoms with Crippen molar-refractivity contribution >= 4 is 5.78 Å². The molecule has 1 aliphatic rings. The van der Waals surface area contributed by atoms with E-state index in [0.29, 0.717) is 6.42 Å². The lowest BCUT2D eigenvalue weighted by atomic mass is 9.83. The predicted octanol–water partition coefficient (Wildman–Crippen LogP) is 2.35. The van der Waals surface area contributed by atoms with Gasteiger partial charge in [-0.1, -0.05) is 37.3 Å².